The van der Waals surface area contributed by atoms with Crippen LogP contribution in [0.15, 0.2) is 18.2 Å². The van der Waals surface area contributed by atoms with Crippen molar-refractivity contribution < 1.29 is 19.1 Å². The van der Waals surface area contributed by atoms with E-state index in [1.165, 1.54) is 13.2 Å². The number of rotatable bonds is 8. The normalized spacial score (nSPS) is 15.0. The fourth-order valence-electron chi connectivity index (χ4n) is 2.47. The summed E-state index contributed by atoms with van der Waals surface area (Å²) in [6, 6.07) is 4.62. The quantitative estimate of drug-likeness (QED) is 0.532. The van der Waals surface area contributed by atoms with E-state index in [-0.39, 0.29) is 5.91 Å². The average Bonchev–Trinajstić information content (AvgIpc) is 2.63. The summed E-state index contributed by atoms with van der Waals surface area (Å²) in [4.78, 5) is 25.9. The van der Waals surface area contributed by atoms with E-state index >= 15 is 0 Å². The van der Waals surface area contributed by atoms with Crippen molar-refractivity contribution in [3.05, 3.63) is 28.8 Å². The van der Waals surface area contributed by atoms with Crippen molar-refractivity contribution in [2.45, 2.75) is 6.42 Å². The first-order chi connectivity index (χ1) is 12.1. The van der Waals surface area contributed by atoms with Gasteiger partial charge in [0.05, 0.1) is 36.6 Å². The minimum absolute atomic E-state index is 0.164. The van der Waals surface area contributed by atoms with Gasteiger partial charge in [-0.05, 0) is 18.2 Å². The van der Waals surface area contributed by atoms with Gasteiger partial charge in [0.2, 0.25) is 5.91 Å². The summed E-state index contributed by atoms with van der Waals surface area (Å²) in [5.74, 6) is -0.639. The first kappa shape index (κ1) is 19.7. The molecule has 25 heavy (non-hydrogen) atoms. The van der Waals surface area contributed by atoms with E-state index in [2.05, 4.69) is 20.3 Å². The maximum atomic E-state index is 12.0. The summed E-state index contributed by atoms with van der Waals surface area (Å²) < 4.78 is 9.96. The van der Waals surface area contributed by atoms with Crippen LogP contribution in [0.4, 0.5) is 5.69 Å². The second-order valence-corrected chi connectivity index (χ2v) is 6.10. The lowest BCUT2D eigenvalue weighted by molar-refractivity contribution is -0.116. The number of amides is 1. The van der Waals surface area contributed by atoms with E-state index in [4.69, 9.17) is 16.3 Å². The van der Waals surface area contributed by atoms with Gasteiger partial charge in [0.15, 0.2) is 0 Å². The van der Waals surface area contributed by atoms with Gasteiger partial charge >= 0.3 is 5.97 Å². The molecule has 0 bridgehead atoms. The molecule has 0 atom stereocenters. The Labute approximate surface area is 152 Å². The Balaban J connectivity index is 1.70. The molecule has 1 aromatic carbocycles. The van der Waals surface area contributed by atoms with Crippen molar-refractivity contribution in [1.82, 2.24) is 10.2 Å². The monoisotopic (exact) mass is 369 g/mol. The molecule has 1 aliphatic rings. The Morgan fingerprint density at radius 3 is 2.76 bits per heavy atom. The molecule has 0 spiro atoms. The first-order valence-electron chi connectivity index (χ1n) is 8.28. The minimum atomic E-state index is -0.475. The van der Waals surface area contributed by atoms with E-state index in [9.17, 15) is 9.59 Å². The summed E-state index contributed by atoms with van der Waals surface area (Å²) in [6.07, 6.45) is 0.321. The van der Waals surface area contributed by atoms with Gasteiger partial charge in [0.1, 0.15) is 0 Å². The molecule has 7 nitrogen and oxygen atoms in total. The molecule has 1 fully saturated rings. The third-order valence-corrected chi connectivity index (χ3v) is 4.23. The zero-order valence-corrected chi connectivity index (χ0v) is 15.1. The highest BCUT2D eigenvalue weighted by atomic mass is 35.5. The van der Waals surface area contributed by atoms with Crippen LogP contribution in [-0.4, -0.2) is 69.8 Å². The summed E-state index contributed by atoms with van der Waals surface area (Å²) in [6.45, 7) is 5.82. The lowest BCUT2D eigenvalue weighted by atomic mass is 10.2. The van der Waals surface area contributed by atoms with E-state index in [0.29, 0.717) is 29.2 Å². The number of carbonyl (C=O) groups excluding carboxylic acids is 2. The van der Waals surface area contributed by atoms with Crippen molar-refractivity contribution >= 4 is 29.2 Å². The molecular formula is C17H24ClN3O4. The van der Waals surface area contributed by atoms with Crippen LogP contribution in [0, 0.1) is 0 Å². The molecule has 0 aliphatic carbocycles. The summed E-state index contributed by atoms with van der Waals surface area (Å²) in [5, 5.41) is 6.35. The Kier molecular flexibility index (Phi) is 8.14. The van der Waals surface area contributed by atoms with Crippen LogP contribution in [0.3, 0.4) is 0 Å². The number of hydrogen-bond acceptors (Lipinski definition) is 6. The van der Waals surface area contributed by atoms with Gasteiger partial charge < -0.3 is 20.1 Å². The standard InChI is InChI=1S/C17H24ClN3O4/c1-24-17(23)13-2-3-14(18)15(12-13)20-16(22)4-5-19-6-7-21-8-10-25-11-9-21/h2-3,12,19H,4-11H2,1H3,(H,20,22). The number of hydrogen-bond donors (Lipinski definition) is 2. The molecule has 0 aromatic heterocycles. The number of carbonyl (C=O) groups is 2. The van der Waals surface area contributed by atoms with Crippen LogP contribution < -0.4 is 10.6 Å². The maximum absolute atomic E-state index is 12.0. The van der Waals surface area contributed by atoms with Crippen LogP contribution in [0.2, 0.25) is 5.02 Å². The number of benzene rings is 1. The van der Waals surface area contributed by atoms with Gasteiger partial charge in [0.25, 0.3) is 0 Å². The first-order valence-corrected chi connectivity index (χ1v) is 8.66. The number of methoxy groups -OCH3 is 1. The second kappa shape index (κ2) is 10.4. The lowest BCUT2D eigenvalue weighted by Gasteiger charge is -2.26. The van der Waals surface area contributed by atoms with E-state index in [1.54, 1.807) is 12.1 Å². The third kappa shape index (κ3) is 6.62. The lowest BCUT2D eigenvalue weighted by Crippen LogP contribution is -2.40. The molecule has 1 amide bonds. The zero-order chi connectivity index (χ0) is 18.1. The SMILES string of the molecule is COC(=O)c1ccc(Cl)c(NC(=O)CCNCCN2CCOCC2)c1. The molecule has 138 valence electrons. The van der Waals surface area contributed by atoms with Crippen molar-refractivity contribution in [2.75, 3.05) is 58.4 Å². The number of anilines is 1. The van der Waals surface area contributed by atoms with Crippen LogP contribution in [-0.2, 0) is 14.3 Å². The number of morpholine rings is 1. The van der Waals surface area contributed by atoms with Crippen LogP contribution in [0.25, 0.3) is 0 Å². The number of ether oxygens (including phenoxy) is 2. The van der Waals surface area contributed by atoms with Crippen LogP contribution in [0.5, 0.6) is 0 Å². The molecule has 0 unspecified atom stereocenters. The highest BCUT2D eigenvalue weighted by molar-refractivity contribution is 6.33. The van der Waals surface area contributed by atoms with Gasteiger partial charge in [0, 0.05) is 39.1 Å². The molecule has 0 radical (unpaired) electrons. The van der Waals surface area contributed by atoms with Crippen LogP contribution >= 0.6 is 11.6 Å². The number of nitrogens with zero attached hydrogens (tertiary/aromatic N) is 1. The van der Waals surface area contributed by atoms with Crippen molar-refractivity contribution in [1.29, 1.82) is 0 Å². The van der Waals surface area contributed by atoms with Crippen molar-refractivity contribution in [3.8, 4) is 0 Å². The Morgan fingerprint density at radius 1 is 1.28 bits per heavy atom. The summed E-state index contributed by atoms with van der Waals surface area (Å²) >= 11 is 6.06. The third-order valence-electron chi connectivity index (χ3n) is 3.90. The van der Waals surface area contributed by atoms with E-state index < -0.39 is 5.97 Å². The van der Waals surface area contributed by atoms with Crippen molar-refractivity contribution in [3.63, 3.8) is 0 Å². The summed E-state index contributed by atoms with van der Waals surface area (Å²) in [5.41, 5.74) is 0.744. The summed E-state index contributed by atoms with van der Waals surface area (Å²) in [7, 11) is 1.30. The van der Waals surface area contributed by atoms with Gasteiger partial charge in [-0.3, -0.25) is 9.69 Å². The number of esters is 1. The maximum Gasteiger partial charge on any atom is 0.337 e. The fraction of sp³-hybridized carbons (Fsp3) is 0.529. The van der Waals surface area contributed by atoms with E-state index in [0.717, 1.165) is 39.4 Å². The molecule has 1 aliphatic heterocycles. The van der Waals surface area contributed by atoms with Crippen LogP contribution in [0.1, 0.15) is 16.8 Å². The van der Waals surface area contributed by atoms with Gasteiger partial charge in [-0.25, -0.2) is 4.79 Å². The fourth-order valence-corrected chi connectivity index (χ4v) is 2.63. The van der Waals surface area contributed by atoms with Crippen molar-refractivity contribution in [2.24, 2.45) is 0 Å². The highest BCUT2D eigenvalue weighted by Gasteiger charge is 2.12. The minimum Gasteiger partial charge on any atom is -0.465 e. The largest absolute Gasteiger partial charge is 0.465 e. The molecule has 8 heteroatoms. The zero-order valence-electron chi connectivity index (χ0n) is 14.3. The number of halogens is 1. The van der Waals surface area contributed by atoms with E-state index in [1.807, 2.05) is 0 Å². The smallest absolute Gasteiger partial charge is 0.337 e. The van der Waals surface area contributed by atoms with Gasteiger partial charge in [-0.1, -0.05) is 11.6 Å². The van der Waals surface area contributed by atoms with Gasteiger partial charge in [-0.15, -0.1) is 0 Å². The molecule has 1 heterocycles. The molecular weight excluding hydrogens is 346 g/mol. The topological polar surface area (TPSA) is 79.9 Å². The Morgan fingerprint density at radius 2 is 2.04 bits per heavy atom. The predicted molar refractivity (Wildman–Crippen MR) is 96.2 cm³/mol. The molecule has 2 N–H and O–H groups in total. The molecule has 1 saturated heterocycles. The van der Waals surface area contributed by atoms with Gasteiger partial charge in [-0.2, -0.15) is 0 Å². The molecule has 1 aromatic rings. The second-order valence-electron chi connectivity index (χ2n) is 5.69. The Hall–Kier alpha value is -1.67. The molecule has 0 saturated carbocycles. The highest BCUT2D eigenvalue weighted by Crippen LogP contribution is 2.23. The number of nitrogens with one attached hydrogen (secondary N) is 2. The predicted octanol–water partition coefficient (Wildman–Crippen LogP) is 1.38. The Bertz CT molecular complexity index is 591. The average molecular weight is 370 g/mol. The molecule has 2 rings (SSSR count).